The highest BCUT2D eigenvalue weighted by Crippen LogP contribution is 2.23. The lowest BCUT2D eigenvalue weighted by molar-refractivity contribution is 0.234. The lowest BCUT2D eigenvalue weighted by atomic mass is 10.3. The van der Waals surface area contributed by atoms with Gasteiger partial charge in [0.25, 0.3) is 0 Å². The number of halogens is 2. The van der Waals surface area contributed by atoms with E-state index in [2.05, 4.69) is 36.6 Å². The van der Waals surface area contributed by atoms with Crippen LogP contribution in [0, 0.1) is 10.6 Å². The Morgan fingerprint density at radius 2 is 2.03 bits per heavy atom. The van der Waals surface area contributed by atoms with Crippen molar-refractivity contribution in [1.82, 2.24) is 15.8 Å². The molecule has 2 aromatic carbocycles. The van der Waals surface area contributed by atoms with Gasteiger partial charge in [0.05, 0.1) is 25.6 Å². The van der Waals surface area contributed by atoms with E-state index >= 15 is 0 Å². The van der Waals surface area contributed by atoms with E-state index in [1.54, 1.807) is 30.3 Å². The monoisotopic (exact) mass is 482 g/mol. The second kappa shape index (κ2) is 9.11. The van der Waals surface area contributed by atoms with Crippen LogP contribution in [0.25, 0.3) is 0 Å². The molecular weight excluding hydrogens is 467 g/mol. The van der Waals surface area contributed by atoms with E-state index in [4.69, 9.17) is 9.41 Å². The Kier molecular flexibility index (Phi) is 6.56. The number of nitrogens with one attached hydrogen (secondary N) is 3. The van der Waals surface area contributed by atoms with Gasteiger partial charge in [0, 0.05) is 11.4 Å². The van der Waals surface area contributed by atoms with E-state index in [9.17, 15) is 13.8 Å². The summed E-state index contributed by atoms with van der Waals surface area (Å²) in [5, 5.41) is 19.7. The first-order chi connectivity index (χ1) is 13.9. The molecular formula is C17H16BrFN6O3S. The predicted octanol–water partition coefficient (Wildman–Crippen LogP) is 3.55. The Bertz CT molecular complexity index is 1120. The highest BCUT2D eigenvalue weighted by Gasteiger charge is 2.18. The molecule has 1 heterocycles. The van der Waals surface area contributed by atoms with Gasteiger partial charge in [-0.3, -0.25) is 10.7 Å². The first-order valence-electron chi connectivity index (χ1n) is 8.23. The molecule has 1 aromatic heterocycles. The lowest BCUT2D eigenvalue weighted by Crippen LogP contribution is -2.23. The molecule has 0 bridgehead atoms. The van der Waals surface area contributed by atoms with Gasteiger partial charge in [-0.15, -0.1) is 0 Å². The Balaban J connectivity index is 1.74. The van der Waals surface area contributed by atoms with Crippen LogP contribution in [-0.2, 0) is 9.73 Å². The highest BCUT2D eigenvalue weighted by atomic mass is 79.9. The summed E-state index contributed by atoms with van der Waals surface area (Å²) in [7, 11) is -2.99. The summed E-state index contributed by atoms with van der Waals surface area (Å²) < 4.78 is 38.9. The van der Waals surface area contributed by atoms with Crippen molar-refractivity contribution in [3.8, 4) is 0 Å². The quantitative estimate of drug-likeness (QED) is 0.229. The summed E-state index contributed by atoms with van der Waals surface area (Å²) in [5.74, 6) is -0.394. The van der Waals surface area contributed by atoms with E-state index < -0.39 is 15.5 Å². The minimum absolute atomic E-state index is 0.0211. The molecule has 0 fully saturated rings. The predicted molar refractivity (Wildman–Crippen MR) is 108 cm³/mol. The molecule has 12 heteroatoms. The fourth-order valence-corrected chi connectivity index (χ4v) is 3.93. The molecule has 3 rings (SSSR count). The Labute approximate surface area is 174 Å². The molecule has 0 aliphatic carbocycles. The van der Waals surface area contributed by atoms with Crippen molar-refractivity contribution >= 4 is 43.0 Å². The highest BCUT2D eigenvalue weighted by molar-refractivity contribution is 9.10. The third-order valence-electron chi connectivity index (χ3n) is 3.77. The molecule has 1 unspecified atom stereocenters. The van der Waals surface area contributed by atoms with Crippen molar-refractivity contribution in [2.45, 2.75) is 4.90 Å². The fraction of sp³-hybridized carbons (Fsp3) is 0.118. The summed E-state index contributed by atoms with van der Waals surface area (Å²) in [5.41, 5.74) is 2.30. The van der Waals surface area contributed by atoms with Crippen LogP contribution in [-0.4, -0.2) is 37.9 Å². The van der Waals surface area contributed by atoms with E-state index in [0.717, 1.165) is 0 Å². The summed E-state index contributed by atoms with van der Waals surface area (Å²) in [6.45, 7) is 0.138. The number of rotatable bonds is 7. The first kappa shape index (κ1) is 20.9. The topological polar surface area (TPSA) is 136 Å². The average molecular weight is 483 g/mol. The minimum Gasteiger partial charge on any atom is -0.364 e. The number of amidine groups is 1. The van der Waals surface area contributed by atoms with Crippen LogP contribution in [0.1, 0.15) is 5.69 Å². The third kappa shape index (κ3) is 5.16. The molecule has 9 nitrogen and oxygen atoms in total. The molecule has 0 spiro atoms. The number of nitrogens with zero attached hydrogens (tertiary/aromatic N) is 3. The molecule has 0 saturated carbocycles. The minimum atomic E-state index is -2.99. The van der Waals surface area contributed by atoms with E-state index in [-0.39, 0.29) is 34.1 Å². The number of aliphatic imine (C=N–C) groups is 1. The second-order valence-electron chi connectivity index (χ2n) is 5.75. The van der Waals surface area contributed by atoms with Crippen LogP contribution >= 0.6 is 15.9 Å². The summed E-state index contributed by atoms with van der Waals surface area (Å²) in [6.07, 6.45) is 0. The van der Waals surface area contributed by atoms with Gasteiger partial charge in [0.2, 0.25) is 5.82 Å². The second-order valence-corrected chi connectivity index (χ2v) is 8.84. The molecule has 0 aliphatic heterocycles. The van der Waals surface area contributed by atoms with Crippen LogP contribution in [0.2, 0.25) is 0 Å². The first-order valence-corrected chi connectivity index (χ1v) is 10.7. The Hall–Kier alpha value is -2.83. The molecule has 1 atom stereocenters. The number of hydrogen-bond acceptors (Lipinski definition) is 8. The van der Waals surface area contributed by atoms with Crippen molar-refractivity contribution in [2.24, 2.45) is 4.99 Å². The smallest absolute Gasteiger partial charge is 0.202 e. The van der Waals surface area contributed by atoms with Gasteiger partial charge < -0.3 is 5.32 Å². The molecule has 0 radical (unpaired) electrons. The lowest BCUT2D eigenvalue weighted by Gasteiger charge is -2.09. The molecule has 4 N–H and O–H groups in total. The van der Waals surface area contributed by atoms with Crippen LogP contribution in [0.5, 0.6) is 0 Å². The standard InChI is InChI=1S/C17H16BrFN6O3S/c18-13-10-11(6-7-14(13)19)22-17(23-26)15-16(25-28-24-15)21-8-9-29(20,27)12-4-2-1-3-5-12/h1-7,10,20,26H,8-9H2,(H,21,25)(H,22,23). The molecule has 0 aliphatic rings. The Morgan fingerprint density at radius 3 is 2.72 bits per heavy atom. The zero-order valence-electron chi connectivity index (χ0n) is 14.8. The summed E-state index contributed by atoms with van der Waals surface area (Å²) in [4.78, 5) is 4.58. The zero-order chi connectivity index (χ0) is 20.9. The Morgan fingerprint density at radius 1 is 1.28 bits per heavy atom. The van der Waals surface area contributed by atoms with Gasteiger partial charge >= 0.3 is 0 Å². The number of anilines is 1. The van der Waals surface area contributed by atoms with Crippen molar-refractivity contribution in [2.75, 3.05) is 17.6 Å². The van der Waals surface area contributed by atoms with Gasteiger partial charge in [0.15, 0.2) is 11.5 Å². The van der Waals surface area contributed by atoms with Gasteiger partial charge in [-0.1, -0.05) is 18.2 Å². The maximum atomic E-state index is 13.4. The zero-order valence-corrected chi connectivity index (χ0v) is 17.2. The largest absolute Gasteiger partial charge is 0.364 e. The van der Waals surface area contributed by atoms with Gasteiger partial charge in [-0.25, -0.2) is 23.0 Å². The number of aromatic nitrogens is 2. The van der Waals surface area contributed by atoms with Crippen molar-refractivity contribution in [1.29, 1.82) is 4.78 Å². The van der Waals surface area contributed by atoms with Crippen LogP contribution in [0.3, 0.4) is 0 Å². The maximum absolute atomic E-state index is 13.4. The van der Waals surface area contributed by atoms with Crippen molar-refractivity contribution in [3.05, 3.63) is 64.5 Å². The molecule has 29 heavy (non-hydrogen) atoms. The van der Waals surface area contributed by atoms with Crippen LogP contribution in [0.15, 0.2) is 67.5 Å². The molecule has 152 valence electrons. The number of hydroxylamine groups is 1. The molecule has 0 saturated heterocycles. The van der Waals surface area contributed by atoms with Crippen LogP contribution in [0.4, 0.5) is 15.9 Å². The van der Waals surface area contributed by atoms with Gasteiger partial charge in [-0.2, -0.15) is 0 Å². The van der Waals surface area contributed by atoms with Crippen molar-refractivity contribution < 1.29 is 18.4 Å². The number of hydrogen-bond donors (Lipinski definition) is 4. The molecule has 3 aromatic rings. The average Bonchev–Trinajstić information content (AvgIpc) is 3.17. The van der Waals surface area contributed by atoms with Crippen molar-refractivity contribution in [3.63, 3.8) is 0 Å². The fourth-order valence-electron chi connectivity index (χ4n) is 2.35. The van der Waals surface area contributed by atoms with Gasteiger partial charge in [-0.05, 0) is 56.6 Å². The summed E-state index contributed by atoms with van der Waals surface area (Å²) in [6, 6.07) is 12.6. The SMILES string of the molecule is N=S(=O)(CCNc1nonc1C(=Nc1ccc(F)c(Br)c1)NO)c1ccccc1. The number of benzene rings is 2. The maximum Gasteiger partial charge on any atom is 0.202 e. The van der Waals surface area contributed by atoms with Gasteiger partial charge in [0.1, 0.15) is 5.82 Å². The van der Waals surface area contributed by atoms with E-state index in [1.165, 1.54) is 18.2 Å². The summed E-state index contributed by atoms with van der Waals surface area (Å²) >= 11 is 3.06. The normalized spacial score (nSPS) is 13.7. The van der Waals surface area contributed by atoms with E-state index in [1.807, 2.05) is 5.48 Å². The van der Waals surface area contributed by atoms with Crippen LogP contribution < -0.4 is 10.8 Å². The van der Waals surface area contributed by atoms with E-state index in [0.29, 0.717) is 10.6 Å². The molecule has 0 amide bonds. The third-order valence-corrected chi connectivity index (χ3v) is 6.19.